The Morgan fingerprint density at radius 3 is 2.74 bits per heavy atom. The predicted octanol–water partition coefficient (Wildman–Crippen LogP) is 5.72. The molecule has 2 N–H and O–H groups in total. The van der Waals surface area contributed by atoms with Gasteiger partial charge in [-0.3, -0.25) is 14.9 Å². The Bertz CT molecular complexity index is 1430. The predicted molar refractivity (Wildman–Crippen MR) is 147 cm³/mol. The Labute approximate surface area is 224 Å². The van der Waals surface area contributed by atoms with E-state index in [9.17, 15) is 14.0 Å². The van der Waals surface area contributed by atoms with Crippen molar-refractivity contribution in [1.29, 1.82) is 0 Å². The van der Waals surface area contributed by atoms with Crippen LogP contribution in [0.3, 0.4) is 0 Å². The molecule has 1 saturated heterocycles. The van der Waals surface area contributed by atoms with E-state index < -0.39 is 5.95 Å². The van der Waals surface area contributed by atoms with Gasteiger partial charge in [-0.15, -0.1) is 11.3 Å². The molecule has 3 aromatic heterocycles. The lowest BCUT2D eigenvalue weighted by molar-refractivity contribution is -0.118. The van der Waals surface area contributed by atoms with E-state index in [1.807, 2.05) is 43.5 Å². The van der Waals surface area contributed by atoms with Gasteiger partial charge in [0.1, 0.15) is 5.69 Å². The topological polar surface area (TPSA) is 92.2 Å². The first-order valence-corrected chi connectivity index (χ1v) is 13.5. The van der Waals surface area contributed by atoms with Gasteiger partial charge in [-0.05, 0) is 66.9 Å². The number of nitrogens with zero attached hydrogens (tertiary/aromatic N) is 4. The van der Waals surface area contributed by atoms with E-state index in [0.29, 0.717) is 17.4 Å². The number of benzene rings is 1. The number of hydrogen-bond donors (Lipinski definition) is 2. The molecule has 1 atom stereocenters. The molecule has 8 nitrogen and oxygen atoms in total. The average Bonchev–Trinajstić information content (AvgIpc) is 3.65. The molecular weight excluding hydrogens is 503 g/mol. The van der Waals surface area contributed by atoms with E-state index in [1.165, 1.54) is 23.6 Å². The van der Waals surface area contributed by atoms with E-state index in [2.05, 4.69) is 20.5 Å². The number of halogens is 1. The smallest absolute Gasteiger partial charge is 0.274 e. The molecule has 38 heavy (non-hydrogen) atoms. The summed E-state index contributed by atoms with van der Waals surface area (Å²) in [6.07, 6.45) is 5.21. The minimum Gasteiger partial charge on any atom is -0.363 e. The third kappa shape index (κ3) is 5.75. The van der Waals surface area contributed by atoms with Crippen LogP contribution in [0.25, 0.3) is 0 Å². The Morgan fingerprint density at radius 1 is 1.16 bits per heavy atom. The van der Waals surface area contributed by atoms with Gasteiger partial charge in [0.05, 0.1) is 11.7 Å². The fourth-order valence-electron chi connectivity index (χ4n) is 4.56. The molecular formula is C28H29FN6O2S. The summed E-state index contributed by atoms with van der Waals surface area (Å²) in [6.45, 7) is 5.00. The Morgan fingerprint density at radius 2 is 1.97 bits per heavy atom. The monoisotopic (exact) mass is 532 g/mol. The second-order valence-electron chi connectivity index (χ2n) is 9.58. The lowest BCUT2D eigenvalue weighted by Gasteiger charge is -2.26. The highest BCUT2D eigenvalue weighted by Gasteiger charge is 2.28. The van der Waals surface area contributed by atoms with Gasteiger partial charge in [-0.2, -0.15) is 4.39 Å². The van der Waals surface area contributed by atoms with Crippen molar-refractivity contribution in [3.05, 3.63) is 89.2 Å². The van der Waals surface area contributed by atoms with Crippen LogP contribution in [0.15, 0.2) is 66.3 Å². The highest BCUT2D eigenvalue weighted by atomic mass is 32.1. The molecule has 1 fully saturated rings. The molecule has 5 rings (SSSR count). The summed E-state index contributed by atoms with van der Waals surface area (Å²) in [4.78, 5) is 35.6. The lowest BCUT2D eigenvalue weighted by Crippen LogP contribution is -2.23. The molecule has 0 aliphatic carbocycles. The van der Waals surface area contributed by atoms with Crippen molar-refractivity contribution in [2.75, 3.05) is 22.1 Å². The molecule has 4 aromatic rings. The number of carbonyl (C=O) groups excluding carboxylic acids is 2. The summed E-state index contributed by atoms with van der Waals surface area (Å²) in [7, 11) is 0. The molecule has 0 bridgehead atoms. The van der Waals surface area contributed by atoms with Crippen LogP contribution in [0.2, 0.25) is 0 Å². The number of aromatic nitrogens is 3. The van der Waals surface area contributed by atoms with Crippen LogP contribution in [-0.2, 0) is 11.3 Å². The number of pyridine rings is 1. The maximum atomic E-state index is 13.5. The zero-order valence-corrected chi connectivity index (χ0v) is 22.0. The molecule has 0 spiro atoms. The van der Waals surface area contributed by atoms with Gasteiger partial charge in [0.2, 0.25) is 11.9 Å². The van der Waals surface area contributed by atoms with Gasteiger partial charge in [-0.25, -0.2) is 9.97 Å². The van der Waals surface area contributed by atoms with Gasteiger partial charge in [0.25, 0.3) is 5.91 Å². The second-order valence-corrected chi connectivity index (χ2v) is 10.4. The summed E-state index contributed by atoms with van der Waals surface area (Å²) in [6, 6.07) is 14.6. The van der Waals surface area contributed by atoms with E-state index >= 15 is 0 Å². The third-order valence-electron chi connectivity index (χ3n) is 6.53. The fraction of sp³-hybridized carbons (Fsp3) is 0.286. The summed E-state index contributed by atoms with van der Waals surface area (Å²) in [5.74, 6) is -0.904. The van der Waals surface area contributed by atoms with Crippen LogP contribution in [-0.4, -0.2) is 32.9 Å². The minimum atomic E-state index is -0.550. The van der Waals surface area contributed by atoms with Crippen LogP contribution in [0.4, 0.5) is 20.9 Å². The molecule has 0 saturated carbocycles. The number of rotatable bonds is 8. The minimum absolute atomic E-state index is 0.00705. The van der Waals surface area contributed by atoms with Crippen molar-refractivity contribution >= 4 is 39.7 Å². The highest BCUT2D eigenvalue weighted by molar-refractivity contribution is 7.14. The number of anilines is 3. The van der Waals surface area contributed by atoms with E-state index in [-0.39, 0.29) is 23.8 Å². The summed E-state index contributed by atoms with van der Waals surface area (Å²) < 4.78 is 15.2. The summed E-state index contributed by atoms with van der Waals surface area (Å²) >= 11 is 1.40. The third-order valence-corrected chi connectivity index (χ3v) is 7.31. The molecule has 1 aromatic carbocycles. The number of carbonyl (C=O) groups is 2. The van der Waals surface area contributed by atoms with E-state index in [1.54, 1.807) is 29.0 Å². The highest BCUT2D eigenvalue weighted by Crippen LogP contribution is 2.37. The fourth-order valence-corrected chi connectivity index (χ4v) is 5.31. The van der Waals surface area contributed by atoms with Gasteiger partial charge in [0, 0.05) is 48.2 Å². The van der Waals surface area contributed by atoms with Crippen molar-refractivity contribution in [3.63, 3.8) is 0 Å². The van der Waals surface area contributed by atoms with Crippen molar-refractivity contribution in [3.8, 4) is 0 Å². The standard InChI is InChI=1S/C28H29FN6O2S/c1-18(2)26(36)31-20-7-9-21(10-8-20)35-14-4-5-23(35)22-17-38-28(32-22)33-27(37)24-6-3-13-34(24)16-19-11-12-30-25(29)15-19/h3,6-13,15,17-18,23H,4-5,14,16H2,1-2H3,(H,31,36)(H,32,33,37). The van der Waals surface area contributed by atoms with Crippen molar-refractivity contribution in [2.45, 2.75) is 39.3 Å². The van der Waals surface area contributed by atoms with Crippen LogP contribution in [0.1, 0.15) is 54.5 Å². The molecule has 196 valence electrons. The first-order chi connectivity index (χ1) is 18.4. The molecule has 4 heterocycles. The Kier molecular flexibility index (Phi) is 7.50. The van der Waals surface area contributed by atoms with E-state index in [0.717, 1.165) is 42.0 Å². The summed E-state index contributed by atoms with van der Waals surface area (Å²) in [5.41, 5.74) is 3.95. The van der Waals surface area contributed by atoms with Crippen LogP contribution in [0.5, 0.6) is 0 Å². The van der Waals surface area contributed by atoms with Crippen molar-refractivity contribution in [2.24, 2.45) is 5.92 Å². The zero-order chi connectivity index (χ0) is 26.6. The van der Waals surface area contributed by atoms with Crippen molar-refractivity contribution in [1.82, 2.24) is 14.5 Å². The molecule has 0 radical (unpaired) electrons. The van der Waals surface area contributed by atoms with Gasteiger partial charge < -0.3 is 14.8 Å². The van der Waals surface area contributed by atoms with Gasteiger partial charge >= 0.3 is 0 Å². The van der Waals surface area contributed by atoms with Gasteiger partial charge in [-0.1, -0.05) is 13.8 Å². The normalized spacial score (nSPS) is 15.2. The quantitative estimate of drug-likeness (QED) is 0.284. The first-order valence-electron chi connectivity index (χ1n) is 12.6. The molecule has 10 heteroatoms. The van der Waals surface area contributed by atoms with Crippen LogP contribution in [0, 0.1) is 11.9 Å². The number of amides is 2. The van der Waals surface area contributed by atoms with Crippen molar-refractivity contribution < 1.29 is 14.0 Å². The second kappa shape index (κ2) is 11.1. The molecule has 1 aliphatic rings. The first kappa shape index (κ1) is 25.6. The van der Waals surface area contributed by atoms with Crippen LogP contribution >= 0.6 is 11.3 Å². The SMILES string of the molecule is CC(C)C(=O)Nc1ccc(N2CCCC2c2csc(NC(=O)c3cccn3Cc3ccnc(F)c3)n2)cc1. The van der Waals surface area contributed by atoms with Gasteiger partial charge in [0.15, 0.2) is 5.13 Å². The number of hydrogen-bond acceptors (Lipinski definition) is 6. The molecule has 2 amide bonds. The average molecular weight is 533 g/mol. The zero-order valence-electron chi connectivity index (χ0n) is 21.2. The van der Waals surface area contributed by atoms with E-state index in [4.69, 9.17) is 4.98 Å². The molecule has 1 unspecified atom stereocenters. The lowest BCUT2D eigenvalue weighted by atomic mass is 10.1. The maximum Gasteiger partial charge on any atom is 0.274 e. The molecule has 1 aliphatic heterocycles. The Hall–Kier alpha value is -4.05. The Balaban J connectivity index is 1.25. The maximum absolute atomic E-state index is 13.5. The largest absolute Gasteiger partial charge is 0.363 e. The summed E-state index contributed by atoms with van der Waals surface area (Å²) in [5, 5.41) is 8.37. The number of nitrogens with one attached hydrogen (secondary N) is 2. The van der Waals surface area contributed by atoms with Crippen LogP contribution < -0.4 is 15.5 Å². The number of thiazole rings is 1.